The third-order valence-electron chi connectivity index (χ3n) is 6.85. The Morgan fingerprint density at radius 1 is 0.795 bits per heavy atom. The number of hydrogen-bond acceptors (Lipinski definition) is 5. The summed E-state index contributed by atoms with van der Waals surface area (Å²) in [4.78, 5) is 2.26. The van der Waals surface area contributed by atoms with Gasteiger partial charge in [-0.1, -0.05) is 54.6 Å². The number of nitrogens with zero attached hydrogens (tertiary/aromatic N) is 1. The molecule has 0 aromatic heterocycles. The fourth-order valence-corrected chi connectivity index (χ4v) is 5.24. The first-order chi connectivity index (χ1) is 18.8. The van der Waals surface area contributed by atoms with E-state index in [1.54, 1.807) is 6.07 Å². The summed E-state index contributed by atoms with van der Waals surface area (Å²) >= 11 is 0. The molecular weight excluding hydrogens is 508 g/mol. The van der Waals surface area contributed by atoms with E-state index in [2.05, 4.69) is 33.9 Å². The van der Waals surface area contributed by atoms with E-state index in [1.807, 2.05) is 73.7 Å². The van der Waals surface area contributed by atoms with Crippen molar-refractivity contribution < 1.29 is 17.9 Å². The van der Waals surface area contributed by atoms with E-state index < -0.39 is 10.0 Å². The molecule has 5 rings (SSSR count). The lowest BCUT2D eigenvalue weighted by atomic mass is 9.96. The van der Waals surface area contributed by atoms with Crippen LogP contribution in [0.3, 0.4) is 0 Å². The molecule has 0 atom stereocenters. The molecule has 0 aliphatic heterocycles. The minimum atomic E-state index is -3.39. The molecule has 0 bridgehead atoms. The Labute approximate surface area is 231 Å². The summed E-state index contributed by atoms with van der Waals surface area (Å²) in [6.45, 7) is 3.26. The van der Waals surface area contributed by atoms with E-state index in [4.69, 9.17) is 9.47 Å². The fourth-order valence-electron chi connectivity index (χ4n) is 4.62. The normalized spacial score (nSPS) is 13.4. The van der Waals surface area contributed by atoms with E-state index >= 15 is 0 Å². The van der Waals surface area contributed by atoms with Crippen LogP contribution >= 0.6 is 0 Å². The Balaban J connectivity index is 1.34. The van der Waals surface area contributed by atoms with Crippen LogP contribution < -0.4 is 19.1 Å². The van der Waals surface area contributed by atoms with Crippen molar-refractivity contribution in [2.45, 2.75) is 45.4 Å². The molecule has 4 aromatic rings. The number of sulfonamides is 1. The van der Waals surface area contributed by atoms with Crippen LogP contribution in [0.15, 0.2) is 97.1 Å². The van der Waals surface area contributed by atoms with Crippen LogP contribution in [-0.4, -0.2) is 20.8 Å². The van der Waals surface area contributed by atoms with Gasteiger partial charge in [-0.2, -0.15) is 0 Å². The smallest absolute Gasteiger partial charge is 0.229 e. The molecule has 1 aliphatic rings. The van der Waals surface area contributed by atoms with Crippen molar-refractivity contribution in [1.29, 1.82) is 0 Å². The molecule has 1 saturated carbocycles. The van der Waals surface area contributed by atoms with E-state index in [9.17, 15) is 8.42 Å². The van der Waals surface area contributed by atoms with Crippen molar-refractivity contribution >= 4 is 21.4 Å². The number of hydrogen-bond donors (Lipinski definition) is 1. The molecule has 7 heteroatoms. The standard InChI is InChI=1S/C32H34N2O4S/c1-24-31(33-39(2,35)36)15-8-16-32(24)34(22-25-9-4-3-5-10-25)23-26-17-19-28(20-18-26)38-30-14-7-13-29(21-30)37-27-11-6-12-27/h3-5,7-10,13-21,27,33H,6,11-12,22-23H2,1-2H3. The second-order valence-electron chi connectivity index (χ2n) is 10.1. The summed E-state index contributed by atoms with van der Waals surface area (Å²) in [6, 6.07) is 31.8. The van der Waals surface area contributed by atoms with Gasteiger partial charge in [0.05, 0.1) is 18.0 Å². The lowest BCUT2D eigenvalue weighted by Gasteiger charge is -2.28. The van der Waals surface area contributed by atoms with Crippen LogP contribution in [0.25, 0.3) is 0 Å². The Bertz CT molecular complexity index is 1500. The van der Waals surface area contributed by atoms with Crippen LogP contribution in [0.4, 0.5) is 11.4 Å². The Hall–Kier alpha value is -3.97. The summed E-state index contributed by atoms with van der Waals surface area (Å²) < 4.78 is 38.6. The first-order valence-electron chi connectivity index (χ1n) is 13.2. The highest BCUT2D eigenvalue weighted by molar-refractivity contribution is 7.92. The highest BCUT2D eigenvalue weighted by atomic mass is 32.2. The zero-order valence-corrected chi connectivity index (χ0v) is 23.2. The molecular formula is C32H34N2O4S. The number of rotatable bonds is 11. The Morgan fingerprint density at radius 3 is 2.13 bits per heavy atom. The summed E-state index contributed by atoms with van der Waals surface area (Å²) in [5, 5.41) is 0. The second kappa shape index (κ2) is 11.8. The van der Waals surface area contributed by atoms with Crippen LogP contribution in [0.1, 0.15) is 36.0 Å². The van der Waals surface area contributed by atoms with Gasteiger partial charge in [0.25, 0.3) is 0 Å². The summed E-state index contributed by atoms with van der Waals surface area (Å²) in [7, 11) is -3.39. The SMILES string of the molecule is Cc1c(NS(C)(=O)=O)cccc1N(Cc1ccccc1)Cc1ccc(Oc2cccc(OC3CCC3)c2)cc1. The number of anilines is 2. The molecule has 0 spiro atoms. The van der Waals surface area contributed by atoms with E-state index in [1.165, 1.54) is 18.2 Å². The summed E-state index contributed by atoms with van der Waals surface area (Å²) in [5.41, 5.74) is 4.71. The molecule has 0 amide bonds. The molecule has 202 valence electrons. The third-order valence-corrected chi connectivity index (χ3v) is 7.44. The quantitative estimate of drug-likeness (QED) is 0.215. The third kappa shape index (κ3) is 7.33. The van der Waals surface area contributed by atoms with Crippen molar-refractivity contribution in [1.82, 2.24) is 0 Å². The molecule has 39 heavy (non-hydrogen) atoms. The largest absolute Gasteiger partial charge is 0.490 e. The highest BCUT2D eigenvalue weighted by Gasteiger charge is 2.19. The maximum atomic E-state index is 11.9. The van der Waals surface area contributed by atoms with Crippen LogP contribution in [0, 0.1) is 6.92 Å². The first-order valence-corrected chi connectivity index (χ1v) is 15.1. The van der Waals surface area contributed by atoms with Gasteiger partial charge < -0.3 is 14.4 Å². The van der Waals surface area contributed by atoms with Crippen molar-refractivity contribution in [3.8, 4) is 17.2 Å². The fraction of sp³-hybridized carbons (Fsp3) is 0.250. The summed E-state index contributed by atoms with van der Waals surface area (Å²) in [6.07, 6.45) is 4.96. The minimum absolute atomic E-state index is 0.324. The molecule has 0 radical (unpaired) electrons. The van der Waals surface area contributed by atoms with Gasteiger partial charge in [0.1, 0.15) is 17.2 Å². The van der Waals surface area contributed by atoms with Gasteiger partial charge in [-0.3, -0.25) is 4.72 Å². The number of benzene rings is 4. The molecule has 0 saturated heterocycles. The van der Waals surface area contributed by atoms with Crippen molar-refractivity contribution in [3.05, 3.63) is 114 Å². The highest BCUT2D eigenvalue weighted by Crippen LogP contribution is 2.32. The van der Waals surface area contributed by atoms with Crippen LogP contribution in [0.5, 0.6) is 17.2 Å². The maximum absolute atomic E-state index is 11.9. The number of nitrogens with one attached hydrogen (secondary N) is 1. The van der Waals surface area contributed by atoms with Crippen molar-refractivity contribution in [3.63, 3.8) is 0 Å². The van der Waals surface area contributed by atoms with Gasteiger partial charge in [-0.25, -0.2) is 8.42 Å². The van der Waals surface area contributed by atoms with E-state index in [0.717, 1.165) is 46.9 Å². The maximum Gasteiger partial charge on any atom is 0.229 e. The molecule has 6 nitrogen and oxygen atoms in total. The first kappa shape index (κ1) is 26.6. The molecule has 1 N–H and O–H groups in total. The van der Waals surface area contributed by atoms with E-state index in [-0.39, 0.29) is 0 Å². The second-order valence-corrected chi connectivity index (χ2v) is 11.8. The molecule has 4 aromatic carbocycles. The minimum Gasteiger partial charge on any atom is -0.490 e. The van der Waals surface area contributed by atoms with Crippen LogP contribution in [-0.2, 0) is 23.1 Å². The van der Waals surface area contributed by atoms with Gasteiger partial charge >= 0.3 is 0 Å². The van der Waals surface area contributed by atoms with Gasteiger partial charge in [-0.15, -0.1) is 0 Å². The lowest BCUT2D eigenvalue weighted by Crippen LogP contribution is -2.24. The Kier molecular flexibility index (Phi) is 8.07. The van der Waals surface area contributed by atoms with Gasteiger partial charge in [0.2, 0.25) is 10.0 Å². The van der Waals surface area contributed by atoms with Gasteiger partial charge in [-0.05, 0) is 79.3 Å². The number of ether oxygens (including phenoxy) is 2. The summed E-state index contributed by atoms with van der Waals surface area (Å²) in [5.74, 6) is 2.34. The average molecular weight is 543 g/mol. The van der Waals surface area contributed by atoms with Crippen molar-refractivity contribution in [2.75, 3.05) is 15.9 Å². The molecule has 0 heterocycles. The van der Waals surface area contributed by atoms with E-state index in [0.29, 0.717) is 24.9 Å². The van der Waals surface area contributed by atoms with Crippen LogP contribution in [0.2, 0.25) is 0 Å². The van der Waals surface area contributed by atoms with Crippen molar-refractivity contribution in [2.24, 2.45) is 0 Å². The topological polar surface area (TPSA) is 67.9 Å². The average Bonchev–Trinajstić information content (AvgIpc) is 2.88. The molecule has 1 fully saturated rings. The Morgan fingerprint density at radius 2 is 1.46 bits per heavy atom. The molecule has 1 aliphatic carbocycles. The molecule has 0 unspecified atom stereocenters. The zero-order chi connectivity index (χ0) is 27.2. The van der Waals surface area contributed by atoms with Gasteiger partial charge in [0.15, 0.2) is 0 Å². The zero-order valence-electron chi connectivity index (χ0n) is 22.3. The van der Waals surface area contributed by atoms with Gasteiger partial charge in [0, 0.05) is 24.8 Å². The predicted molar refractivity (Wildman–Crippen MR) is 157 cm³/mol. The lowest BCUT2D eigenvalue weighted by molar-refractivity contribution is 0.120. The predicted octanol–water partition coefficient (Wildman–Crippen LogP) is 7.30. The monoisotopic (exact) mass is 542 g/mol.